The molecule has 2 heteroatoms. The minimum absolute atomic E-state index is 0.819. The van der Waals surface area contributed by atoms with Crippen molar-refractivity contribution >= 4 is 0 Å². The number of rotatable bonds is 7. The maximum atomic E-state index is 5.34. The third kappa shape index (κ3) is 24.5. The number of hydrogen-bond acceptors (Lipinski definition) is 2. The monoisotopic (exact) mass is 188 g/mol. The molecule has 0 bridgehead atoms. The van der Waals surface area contributed by atoms with Gasteiger partial charge in [0.25, 0.3) is 0 Å². The Balaban J connectivity index is 0. The summed E-state index contributed by atoms with van der Waals surface area (Å²) in [5.74, 6) is 0. The number of nitrogens with two attached hydrogens (primary N) is 2. The molecule has 0 aliphatic carbocycles. The van der Waals surface area contributed by atoms with E-state index >= 15 is 0 Å². The smallest absolute Gasteiger partial charge is 0.00773 e. The van der Waals surface area contributed by atoms with Crippen LogP contribution in [0.3, 0.4) is 0 Å². The van der Waals surface area contributed by atoms with Gasteiger partial charge in [0.2, 0.25) is 0 Å². The molecule has 0 spiro atoms. The van der Waals surface area contributed by atoms with Crippen LogP contribution in [-0.4, -0.2) is 13.1 Å². The van der Waals surface area contributed by atoms with Gasteiger partial charge >= 0.3 is 0 Å². The van der Waals surface area contributed by atoms with E-state index < -0.39 is 0 Å². The van der Waals surface area contributed by atoms with E-state index in [2.05, 4.69) is 13.8 Å². The molecule has 0 aromatic rings. The summed E-state index contributed by atoms with van der Waals surface area (Å²) in [6, 6.07) is 0. The lowest BCUT2D eigenvalue weighted by Crippen LogP contribution is -1.97. The van der Waals surface area contributed by atoms with E-state index in [1.54, 1.807) is 0 Å². The minimum atomic E-state index is 0.819. The van der Waals surface area contributed by atoms with Crippen molar-refractivity contribution in [3.8, 4) is 0 Å². The van der Waals surface area contributed by atoms with Crippen LogP contribution in [0.1, 0.15) is 58.8 Å². The molecule has 13 heavy (non-hydrogen) atoms. The van der Waals surface area contributed by atoms with Crippen LogP contribution in [0.15, 0.2) is 0 Å². The number of unbranched alkanes of at least 4 members (excludes halogenated alkanes) is 5. The molecule has 0 radical (unpaired) electrons. The summed E-state index contributed by atoms with van der Waals surface area (Å²) >= 11 is 0. The molecule has 0 saturated heterocycles. The second-order valence-corrected chi connectivity index (χ2v) is 3.35. The third-order valence-electron chi connectivity index (χ3n) is 1.85. The molecule has 0 aromatic heterocycles. The van der Waals surface area contributed by atoms with Crippen molar-refractivity contribution in [1.29, 1.82) is 0 Å². The van der Waals surface area contributed by atoms with Crippen molar-refractivity contribution in [3.05, 3.63) is 0 Å². The molecule has 0 fully saturated rings. The first-order valence-corrected chi connectivity index (χ1v) is 5.73. The van der Waals surface area contributed by atoms with Crippen molar-refractivity contribution in [2.75, 3.05) is 13.1 Å². The standard InChI is InChI=1S/C8H19N.C3H9N/c1-2-3-4-5-6-7-8-9;1-2-3-4/h2-9H2,1H3;2-4H2,1H3. The van der Waals surface area contributed by atoms with E-state index in [4.69, 9.17) is 11.5 Å². The molecule has 0 saturated carbocycles. The third-order valence-corrected chi connectivity index (χ3v) is 1.85. The lowest BCUT2D eigenvalue weighted by molar-refractivity contribution is 0.612. The van der Waals surface area contributed by atoms with Crippen LogP contribution < -0.4 is 11.5 Å². The second-order valence-electron chi connectivity index (χ2n) is 3.35. The molecule has 0 aromatic carbocycles. The van der Waals surface area contributed by atoms with Crippen LogP contribution in [-0.2, 0) is 0 Å². The Bertz CT molecular complexity index is 57.1. The second kappa shape index (κ2) is 17.9. The van der Waals surface area contributed by atoms with Crippen LogP contribution in [0, 0.1) is 0 Å². The van der Waals surface area contributed by atoms with Crippen molar-refractivity contribution in [1.82, 2.24) is 0 Å². The molecule has 0 aliphatic rings. The first-order chi connectivity index (χ1) is 6.33. The SMILES string of the molecule is CCCCCCCCN.CCCN. The van der Waals surface area contributed by atoms with Crippen molar-refractivity contribution in [3.63, 3.8) is 0 Å². The van der Waals surface area contributed by atoms with Gasteiger partial charge in [0, 0.05) is 0 Å². The molecular formula is C11H28N2. The quantitative estimate of drug-likeness (QED) is 0.603. The zero-order valence-electron chi connectivity index (χ0n) is 9.52. The van der Waals surface area contributed by atoms with Crippen molar-refractivity contribution in [2.24, 2.45) is 11.5 Å². The zero-order valence-corrected chi connectivity index (χ0v) is 9.52. The minimum Gasteiger partial charge on any atom is -0.330 e. The van der Waals surface area contributed by atoms with Gasteiger partial charge in [0.1, 0.15) is 0 Å². The maximum absolute atomic E-state index is 5.34. The van der Waals surface area contributed by atoms with Gasteiger partial charge in [-0.3, -0.25) is 0 Å². The Morgan fingerprint density at radius 1 is 0.615 bits per heavy atom. The highest BCUT2D eigenvalue weighted by atomic mass is 14.5. The fourth-order valence-corrected chi connectivity index (χ4v) is 0.925. The van der Waals surface area contributed by atoms with Crippen molar-refractivity contribution < 1.29 is 0 Å². The predicted molar refractivity (Wildman–Crippen MR) is 61.8 cm³/mol. The van der Waals surface area contributed by atoms with Crippen LogP contribution in [0.2, 0.25) is 0 Å². The van der Waals surface area contributed by atoms with Gasteiger partial charge in [0.05, 0.1) is 0 Å². The first-order valence-electron chi connectivity index (χ1n) is 5.73. The fraction of sp³-hybridized carbons (Fsp3) is 1.00. The summed E-state index contributed by atoms with van der Waals surface area (Å²) < 4.78 is 0. The lowest BCUT2D eigenvalue weighted by Gasteiger charge is -1.96. The predicted octanol–water partition coefficient (Wildman–Crippen LogP) is 2.66. The van der Waals surface area contributed by atoms with Crippen LogP contribution in [0.5, 0.6) is 0 Å². The Kier molecular flexibility index (Phi) is 21.2. The lowest BCUT2D eigenvalue weighted by atomic mass is 10.1. The Morgan fingerprint density at radius 2 is 1.08 bits per heavy atom. The van der Waals surface area contributed by atoms with Gasteiger partial charge in [-0.2, -0.15) is 0 Å². The molecule has 0 aliphatic heterocycles. The fourth-order valence-electron chi connectivity index (χ4n) is 0.925. The molecule has 0 amide bonds. The Morgan fingerprint density at radius 3 is 1.46 bits per heavy atom. The first kappa shape index (κ1) is 15.4. The van der Waals surface area contributed by atoms with Gasteiger partial charge in [0.15, 0.2) is 0 Å². The Hall–Kier alpha value is -0.0800. The van der Waals surface area contributed by atoms with Crippen molar-refractivity contribution in [2.45, 2.75) is 58.8 Å². The normalized spacial score (nSPS) is 9.23. The molecule has 0 heterocycles. The van der Waals surface area contributed by atoms with Gasteiger partial charge in [-0.25, -0.2) is 0 Å². The van der Waals surface area contributed by atoms with Gasteiger partial charge in [-0.15, -0.1) is 0 Å². The van der Waals surface area contributed by atoms with Crippen LogP contribution in [0.25, 0.3) is 0 Å². The Labute approximate surface area is 84.1 Å². The van der Waals surface area contributed by atoms with E-state index in [1.165, 1.54) is 38.5 Å². The molecule has 4 N–H and O–H groups in total. The van der Waals surface area contributed by atoms with Gasteiger partial charge in [-0.05, 0) is 25.9 Å². The van der Waals surface area contributed by atoms with Crippen LogP contribution in [0.4, 0.5) is 0 Å². The van der Waals surface area contributed by atoms with Gasteiger partial charge in [-0.1, -0.05) is 46.0 Å². The highest BCUT2D eigenvalue weighted by Gasteiger charge is 1.85. The topological polar surface area (TPSA) is 52.0 Å². The van der Waals surface area contributed by atoms with E-state index in [9.17, 15) is 0 Å². The van der Waals surface area contributed by atoms with E-state index in [0.717, 1.165) is 19.5 Å². The average Bonchev–Trinajstić information content (AvgIpc) is 2.18. The van der Waals surface area contributed by atoms with E-state index in [-0.39, 0.29) is 0 Å². The molecule has 2 nitrogen and oxygen atoms in total. The van der Waals surface area contributed by atoms with Crippen LogP contribution >= 0.6 is 0 Å². The molecule has 82 valence electrons. The highest BCUT2D eigenvalue weighted by Crippen LogP contribution is 2.03. The number of hydrogen-bond donors (Lipinski definition) is 2. The molecule has 0 atom stereocenters. The molecule has 0 rings (SSSR count). The summed E-state index contributed by atoms with van der Waals surface area (Å²) in [4.78, 5) is 0. The maximum Gasteiger partial charge on any atom is -0.00773 e. The summed E-state index contributed by atoms with van der Waals surface area (Å²) in [6.45, 7) is 5.98. The highest BCUT2D eigenvalue weighted by molar-refractivity contribution is 4.43. The average molecular weight is 188 g/mol. The zero-order chi connectivity index (χ0) is 10.4. The molecule has 0 unspecified atom stereocenters. The summed E-state index contributed by atoms with van der Waals surface area (Å²) in [7, 11) is 0. The summed E-state index contributed by atoms with van der Waals surface area (Å²) in [6.07, 6.45) is 9.15. The largest absolute Gasteiger partial charge is 0.330 e. The van der Waals surface area contributed by atoms with Gasteiger partial charge < -0.3 is 11.5 Å². The summed E-state index contributed by atoms with van der Waals surface area (Å²) in [5.41, 5.74) is 10.4. The summed E-state index contributed by atoms with van der Waals surface area (Å²) in [5, 5.41) is 0. The van der Waals surface area contributed by atoms with E-state index in [1.807, 2.05) is 0 Å². The molecular weight excluding hydrogens is 160 g/mol. The van der Waals surface area contributed by atoms with E-state index in [0.29, 0.717) is 0 Å².